The predicted octanol–water partition coefficient (Wildman–Crippen LogP) is 2.47. The molecular weight excluding hydrogens is 414 g/mol. The first-order valence-corrected chi connectivity index (χ1v) is 10.5. The van der Waals surface area contributed by atoms with Crippen LogP contribution in [0.1, 0.15) is 48.0 Å². The van der Waals surface area contributed by atoms with Crippen LogP contribution in [-0.2, 0) is 14.2 Å². The number of aryl methyl sites for hydroxylation is 1. The summed E-state index contributed by atoms with van der Waals surface area (Å²) in [6.07, 6.45) is 0. The van der Waals surface area contributed by atoms with Gasteiger partial charge in [-0.25, -0.2) is 4.79 Å². The summed E-state index contributed by atoms with van der Waals surface area (Å²) in [5.41, 5.74) is 3.39. The van der Waals surface area contributed by atoms with Gasteiger partial charge < -0.3 is 29.4 Å². The van der Waals surface area contributed by atoms with Gasteiger partial charge >= 0.3 is 5.97 Å². The van der Waals surface area contributed by atoms with E-state index in [0.717, 1.165) is 0 Å². The van der Waals surface area contributed by atoms with Gasteiger partial charge in [-0.15, -0.1) is 0 Å². The van der Waals surface area contributed by atoms with Gasteiger partial charge in [0, 0.05) is 37.1 Å². The van der Waals surface area contributed by atoms with Gasteiger partial charge in [-0.1, -0.05) is 6.07 Å². The molecule has 2 N–H and O–H groups in total. The smallest absolute Gasteiger partial charge is 0.340 e. The number of benzene rings is 1. The van der Waals surface area contributed by atoms with E-state index < -0.39 is 11.9 Å². The normalized spacial score (nSPS) is 13.7. The predicted molar refractivity (Wildman–Crippen MR) is 118 cm³/mol. The summed E-state index contributed by atoms with van der Waals surface area (Å²) < 4.78 is 15.4. The molecule has 0 spiro atoms. The fourth-order valence-corrected chi connectivity index (χ4v) is 3.70. The number of aromatic amines is 1. The van der Waals surface area contributed by atoms with Crippen LogP contribution in [-0.4, -0.2) is 74.3 Å². The van der Waals surface area contributed by atoms with Gasteiger partial charge in [0.05, 0.1) is 25.4 Å². The monoisotopic (exact) mass is 443 g/mol. The second-order valence-corrected chi connectivity index (χ2v) is 7.59. The van der Waals surface area contributed by atoms with Gasteiger partial charge in [0.15, 0.2) is 0 Å². The zero-order chi connectivity index (χ0) is 23.3. The molecule has 172 valence electrons. The highest BCUT2D eigenvalue weighted by atomic mass is 16.6. The average molecular weight is 444 g/mol. The summed E-state index contributed by atoms with van der Waals surface area (Å²) >= 11 is 0. The zero-order valence-corrected chi connectivity index (χ0v) is 18.9. The number of rotatable bonds is 7. The third kappa shape index (κ3) is 5.00. The van der Waals surface area contributed by atoms with Crippen molar-refractivity contribution in [3.05, 3.63) is 51.8 Å². The second kappa shape index (κ2) is 10.4. The molecule has 2 heterocycles. The molecule has 3 rings (SSSR count). The van der Waals surface area contributed by atoms with Crippen LogP contribution in [0.3, 0.4) is 0 Å². The van der Waals surface area contributed by atoms with Crippen molar-refractivity contribution in [1.29, 1.82) is 0 Å². The van der Waals surface area contributed by atoms with Crippen molar-refractivity contribution in [3.63, 3.8) is 0 Å². The van der Waals surface area contributed by atoms with Crippen LogP contribution in [0.2, 0.25) is 0 Å². The molecule has 32 heavy (non-hydrogen) atoms. The van der Waals surface area contributed by atoms with Crippen LogP contribution in [0.25, 0.3) is 0 Å². The molecule has 1 aromatic heterocycles. The number of carbonyl (C=O) groups excluding carboxylic acids is 3. The van der Waals surface area contributed by atoms with Crippen molar-refractivity contribution < 1.29 is 28.6 Å². The van der Waals surface area contributed by atoms with Gasteiger partial charge in [-0.3, -0.25) is 9.59 Å². The van der Waals surface area contributed by atoms with E-state index in [1.54, 1.807) is 43.9 Å². The van der Waals surface area contributed by atoms with E-state index in [0.29, 0.717) is 66.5 Å². The van der Waals surface area contributed by atoms with Crippen molar-refractivity contribution in [2.24, 2.45) is 0 Å². The highest BCUT2D eigenvalue weighted by Gasteiger charge is 2.25. The molecule has 0 atom stereocenters. The maximum atomic E-state index is 13.0. The molecule has 0 saturated carbocycles. The van der Waals surface area contributed by atoms with Crippen LogP contribution in [0.15, 0.2) is 18.2 Å². The molecule has 1 aromatic carbocycles. The first kappa shape index (κ1) is 23.5. The molecule has 1 fully saturated rings. The summed E-state index contributed by atoms with van der Waals surface area (Å²) in [6, 6.07) is 5.23. The molecular formula is C23H29N3O6. The Bertz CT molecular complexity index is 1010. The van der Waals surface area contributed by atoms with Crippen molar-refractivity contribution in [2.75, 3.05) is 51.9 Å². The molecule has 0 radical (unpaired) electrons. The summed E-state index contributed by atoms with van der Waals surface area (Å²) in [4.78, 5) is 43.0. The van der Waals surface area contributed by atoms with Gasteiger partial charge in [0.25, 0.3) is 11.8 Å². The Morgan fingerprint density at radius 3 is 2.50 bits per heavy atom. The Morgan fingerprint density at radius 1 is 1.09 bits per heavy atom. The fourth-order valence-electron chi connectivity index (χ4n) is 3.70. The Morgan fingerprint density at radius 2 is 1.81 bits per heavy atom. The maximum Gasteiger partial charge on any atom is 0.340 e. The number of morpholine rings is 1. The minimum Gasteiger partial charge on any atom is -0.460 e. The van der Waals surface area contributed by atoms with Crippen molar-refractivity contribution in [3.8, 4) is 0 Å². The number of esters is 1. The van der Waals surface area contributed by atoms with Crippen LogP contribution >= 0.6 is 0 Å². The van der Waals surface area contributed by atoms with E-state index in [4.69, 9.17) is 14.2 Å². The van der Waals surface area contributed by atoms with E-state index in [-0.39, 0.29) is 18.2 Å². The number of carbonyl (C=O) groups is 3. The molecule has 9 nitrogen and oxygen atoms in total. The minimum atomic E-state index is -0.512. The number of H-pyrrole nitrogens is 1. The molecule has 0 unspecified atom stereocenters. The third-order valence-electron chi connectivity index (χ3n) is 5.50. The lowest BCUT2D eigenvalue weighted by atomic mass is 10.0. The number of hydrogen-bond acceptors (Lipinski definition) is 6. The van der Waals surface area contributed by atoms with Crippen LogP contribution < -0.4 is 5.32 Å². The number of hydrogen-bond donors (Lipinski definition) is 2. The van der Waals surface area contributed by atoms with Crippen molar-refractivity contribution in [1.82, 2.24) is 9.88 Å². The number of ether oxygens (including phenoxy) is 3. The Labute approximate surface area is 187 Å². The Kier molecular flexibility index (Phi) is 7.66. The SMILES string of the molecule is COCCOC(=O)c1c(C)[nH]c(C(=O)Nc2cccc(C(=O)N3CCOCC3)c2C)c1C. The first-order valence-electron chi connectivity index (χ1n) is 10.5. The minimum absolute atomic E-state index is 0.0881. The zero-order valence-electron chi connectivity index (χ0n) is 18.9. The average Bonchev–Trinajstić information content (AvgIpc) is 3.09. The highest BCUT2D eigenvalue weighted by Crippen LogP contribution is 2.24. The summed E-state index contributed by atoms with van der Waals surface area (Å²) in [5, 5.41) is 2.86. The topological polar surface area (TPSA) is 110 Å². The van der Waals surface area contributed by atoms with Crippen LogP contribution in [0, 0.1) is 20.8 Å². The second-order valence-electron chi connectivity index (χ2n) is 7.59. The molecule has 1 saturated heterocycles. The lowest BCUT2D eigenvalue weighted by Gasteiger charge is -2.27. The number of nitrogens with one attached hydrogen (secondary N) is 2. The Hall–Kier alpha value is -3.17. The third-order valence-corrected chi connectivity index (χ3v) is 5.50. The van der Waals surface area contributed by atoms with Gasteiger partial charge in [0.2, 0.25) is 0 Å². The van der Waals surface area contributed by atoms with Crippen molar-refractivity contribution in [2.45, 2.75) is 20.8 Å². The summed E-state index contributed by atoms with van der Waals surface area (Å²) in [7, 11) is 1.52. The lowest BCUT2D eigenvalue weighted by Crippen LogP contribution is -2.41. The standard InChI is InChI=1S/C23H29N3O6/c1-14-17(22(28)26-8-10-31-11-9-26)6-5-7-18(14)25-21(27)20-15(2)19(16(3)24-20)23(29)32-13-12-30-4/h5-7,24H,8-13H2,1-4H3,(H,25,27). The molecule has 9 heteroatoms. The molecule has 2 aromatic rings. The van der Waals surface area contributed by atoms with Crippen molar-refractivity contribution >= 4 is 23.5 Å². The number of aromatic nitrogens is 1. The number of methoxy groups -OCH3 is 1. The van der Waals surface area contributed by atoms with Gasteiger partial charge in [0.1, 0.15) is 12.3 Å². The number of anilines is 1. The molecule has 2 amide bonds. The number of amides is 2. The molecule has 1 aliphatic heterocycles. The summed E-state index contributed by atoms with van der Waals surface area (Å²) in [6.45, 7) is 7.74. The van der Waals surface area contributed by atoms with Crippen LogP contribution in [0.4, 0.5) is 5.69 Å². The van der Waals surface area contributed by atoms with E-state index in [9.17, 15) is 14.4 Å². The lowest BCUT2D eigenvalue weighted by molar-refractivity contribution is 0.0302. The van der Waals surface area contributed by atoms with Gasteiger partial charge in [-0.05, 0) is 44.0 Å². The fraction of sp³-hybridized carbons (Fsp3) is 0.435. The van der Waals surface area contributed by atoms with Gasteiger partial charge in [-0.2, -0.15) is 0 Å². The number of nitrogens with zero attached hydrogens (tertiary/aromatic N) is 1. The molecule has 1 aliphatic rings. The largest absolute Gasteiger partial charge is 0.460 e. The Balaban J connectivity index is 1.78. The first-order chi connectivity index (χ1) is 15.3. The summed E-state index contributed by atoms with van der Waals surface area (Å²) in [5.74, 6) is -1.00. The van der Waals surface area contributed by atoms with Crippen LogP contribution in [0.5, 0.6) is 0 Å². The quantitative estimate of drug-likeness (QED) is 0.503. The van der Waals surface area contributed by atoms with E-state index >= 15 is 0 Å². The molecule has 0 bridgehead atoms. The van der Waals surface area contributed by atoms with E-state index in [2.05, 4.69) is 10.3 Å². The molecule has 0 aliphatic carbocycles. The maximum absolute atomic E-state index is 13.0. The highest BCUT2D eigenvalue weighted by molar-refractivity contribution is 6.08. The van der Waals surface area contributed by atoms with E-state index in [1.807, 2.05) is 0 Å². The van der Waals surface area contributed by atoms with E-state index in [1.165, 1.54) is 7.11 Å².